The molecule has 0 radical (unpaired) electrons. The first-order valence-corrected chi connectivity index (χ1v) is 5.31. The van der Waals surface area contributed by atoms with Crippen molar-refractivity contribution in [2.24, 2.45) is 0 Å². The predicted molar refractivity (Wildman–Crippen MR) is 63.4 cm³/mol. The number of benzene rings is 1. The molecule has 0 bridgehead atoms. The second-order valence-electron chi connectivity index (χ2n) is 3.64. The number of terminal acetylenes is 1. The molecule has 7 heteroatoms. The number of nitro groups is 1. The second-order valence-corrected chi connectivity index (χ2v) is 3.64. The first-order chi connectivity index (χ1) is 8.90. The molecule has 1 aromatic rings. The third-order valence-corrected chi connectivity index (χ3v) is 2.39. The summed E-state index contributed by atoms with van der Waals surface area (Å²) in [7, 11) is 0. The van der Waals surface area contributed by atoms with Crippen LogP contribution >= 0.6 is 0 Å². The Morgan fingerprint density at radius 3 is 2.58 bits per heavy atom. The molecule has 1 atom stereocenters. The fourth-order valence-corrected chi connectivity index (χ4v) is 1.37. The summed E-state index contributed by atoms with van der Waals surface area (Å²) in [4.78, 5) is 21.5. The van der Waals surface area contributed by atoms with Gasteiger partial charge in [0, 0.05) is 0 Å². The van der Waals surface area contributed by atoms with Crippen molar-refractivity contribution in [1.82, 2.24) is 5.32 Å². The fourth-order valence-electron chi connectivity index (χ4n) is 1.37. The predicted octanol–water partition coefficient (Wildman–Crippen LogP) is 2.01. The Kier molecular flexibility index (Phi) is 4.53. The van der Waals surface area contributed by atoms with Gasteiger partial charge in [-0.1, -0.05) is 12.8 Å². The minimum Gasteiger partial charge on any atom is -0.338 e. The van der Waals surface area contributed by atoms with Crippen LogP contribution in [0.2, 0.25) is 0 Å². The first-order valence-electron chi connectivity index (χ1n) is 5.31. The molecule has 5 nitrogen and oxygen atoms in total. The lowest BCUT2D eigenvalue weighted by molar-refractivity contribution is -0.385. The number of amides is 1. The first kappa shape index (κ1) is 14.6. The number of rotatable bonds is 4. The van der Waals surface area contributed by atoms with Gasteiger partial charge < -0.3 is 5.32 Å². The van der Waals surface area contributed by atoms with Gasteiger partial charge in [-0.3, -0.25) is 14.9 Å². The maximum Gasteiger partial charge on any atom is 0.285 e. The molecule has 1 N–H and O–H groups in total. The SMILES string of the molecule is C#CC(CC)NC(=O)c1cc(F)c(F)cc1[N+](=O)[O-]. The maximum absolute atomic E-state index is 13.1. The van der Waals surface area contributed by atoms with Gasteiger partial charge in [-0.2, -0.15) is 0 Å². The van der Waals surface area contributed by atoms with Crippen molar-refractivity contribution in [2.75, 3.05) is 0 Å². The van der Waals surface area contributed by atoms with Crippen molar-refractivity contribution in [3.63, 3.8) is 0 Å². The van der Waals surface area contributed by atoms with Gasteiger partial charge in [-0.15, -0.1) is 6.42 Å². The summed E-state index contributed by atoms with van der Waals surface area (Å²) in [5.74, 6) is -1.40. The van der Waals surface area contributed by atoms with Gasteiger partial charge in [0.15, 0.2) is 11.6 Å². The van der Waals surface area contributed by atoms with E-state index in [0.29, 0.717) is 18.6 Å². The van der Waals surface area contributed by atoms with Crippen LogP contribution < -0.4 is 5.32 Å². The molecular formula is C12H10F2N2O3. The van der Waals surface area contributed by atoms with E-state index in [-0.39, 0.29) is 0 Å². The molecule has 0 fully saturated rings. The normalized spacial score (nSPS) is 11.5. The number of nitrogens with zero attached hydrogens (tertiary/aromatic N) is 1. The van der Waals surface area contributed by atoms with E-state index in [9.17, 15) is 23.7 Å². The fraction of sp³-hybridized carbons (Fsp3) is 0.250. The number of nitro benzene ring substituents is 1. The summed E-state index contributed by atoms with van der Waals surface area (Å²) in [5, 5.41) is 13.0. The summed E-state index contributed by atoms with van der Waals surface area (Å²) >= 11 is 0. The van der Waals surface area contributed by atoms with Crippen molar-refractivity contribution >= 4 is 11.6 Å². The Balaban J connectivity index is 3.19. The molecule has 0 aliphatic heterocycles. The third-order valence-electron chi connectivity index (χ3n) is 2.39. The average molecular weight is 268 g/mol. The highest BCUT2D eigenvalue weighted by atomic mass is 19.2. The minimum absolute atomic E-state index is 0.362. The topological polar surface area (TPSA) is 72.2 Å². The van der Waals surface area contributed by atoms with E-state index in [1.54, 1.807) is 6.92 Å². The largest absolute Gasteiger partial charge is 0.338 e. The van der Waals surface area contributed by atoms with E-state index in [4.69, 9.17) is 6.42 Å². The zero-order chi connectivity index (χ0) is 14.6. The zero-order valence-electron chi connectivity index (χ0n) is 9.94. The lowest BCUT2D eigenvalue weighted by atomic mass is 10.1. The smallest absolute Gasteiger partial charge is 0.285 e. The zero-order valence-corrected chi connectivity index (χ0v) is 9.94. The highest BCUT2D eigenvalue weighted by Crippen LogP contribution is 2.22. The van der Waals surface area contributed by atoms with Crippen LogP contribution in [-0.2, 0) is 0 Å². The van der Waals surface area contributed by atoms with E-state index in [1.807, 2.05) is 0 Å². The summed E-state index contributed by atoms with van der Waals surface area (Å²) in [6, 6.07) is 0.202. The van der Waals surface area contributed by atoms with Crippen LogP contribution in [0.4, 0.5) is 14.5 Å². The van der Waals surface area contributed by atoms with Crippen molar-refractivity contribution in [1.29, 1.82) is 0 Å². The number of halogens is 2. The summed E-state index contributed by atoms with van der Waals surface area (Å²) in [5.41, 5.74) is -1.39. The van der Waals surface area contributed by atoms with Crippen LogP contribution in [0.15, 0.2) is 12.1 Å². The molecule has 0 aliphatic carbocycles. The van der Waals surface area contributed by atoms with Crippen LogP contribution in [0, 0.1) is 34.1 Å². The number of hydrogen-bond acceptors (Lipinski definition) is 3. The molecule has 0 saturated heterocycles. The summed E-state index contributed by atoms with van der Waals surface area (Å²) < 4.78 is 26.0. The van der Waals surface area contributed by atoms with E-state index < -0.39 is 39.8 Å². The molecular weight excluding hydrogens is 258 g/mol. The molecule has 19 heavy (non-hydrogen) atoms. The molecule has 100 valence electrons. The standard InChI is InChI=1S/C12H10F2N2O3/c1-3-7(4-2)15-12(17)8-5-9(13)10(14)6-11(8)16(18)19/h1,5-7H,4H2,2H3,(H,15,17). The highest BCUT2D eigenvalue weighted by Gasteiger charge is 2.24. The van der Waals surface area contributed by atoms with Crippen molar-refractivity contribution in [3.8, 4) is 12.3 Å². The Labute approximate surface area is 107 Å². The Hall–Kier alpha value is -2.49. The molecule has 1 unspecified atom stereocenters. The highest BCUT2D eigenvalue weighted by molar-refractivity contribution is 5.98. The lowest BCUT2D eigenvalue weighted by Gasteiger charge is -2.11. The van der Waals surface area contributed by atoms with E-state index in [1.165, 1.54) is 0 Å². The lowest BCUT2D eigenvalue weighted by Crippen LogP contribution is -2.33. The Bertz CT molecular complexity index is 567. The van der Waals surface area contributed by atoms with Crippen LogP contribution in [0.25, 0.3) is 0 Å². The van der Waals surface area contributed by atoms with Gasteiger partial charge in [-0.25, -0.2) is 8.78 Å². The van der Waals surface area contributed by atoms with Crippen LogP contribution in [0.3, 0.4) is 0 Å². The van der Waals surface area contributed by atoms with E-state index in [2.05, 4.69) is 11.2 Å². The Morgan fingerprint density at radius 1 is 1.53 bits per heavy atom. The van der Waals surface area contributed by atoms with Crippen molar-refractivity contribution in [3.05, 3.63) is 39.4 Å². The van der Waals surface area contributed by atoms with Gasteiger partial charge in [0.25, 0.3) is 11.6 Å². The van der Waals surface area contributed by atoms with Gasteiger partial charge in [-0.05, 0) is 12.5 Å². The molecule has 0 saturated carbocycles. The van der Waals surface area contributed by atoms with Gasteiger partial charge in [0.1, 0.15) is 5.56 Å². The summed E-state index contributed by atoms with van der Waals surface area (Å²) in [6.45, 7) is 1.70. The minimum atomic E-state index is -1.40. The van der Waals surface area contributed by atoms with Crippen LogP contribution in [0.5, 0.6) is 0 Å². The Morgan fingerprint density at radius 2 is 2.11 bits per heavy atom. The van der Waals surface area contributed by atoms with E-state index in [0.717, 1.165) is 0 Å². The van der Waals surface area contributed by atoms with Crippen LogP contribution in [0.1, 0.15) is 23.7 Å². The van der Waals surface area contributed by atoms with Crippen molar-refractivity contribution in [2.45, 2.75) is 19.4 Å². The molecule has 1 aromatic carbocycles. The molecule has 0 aliphatic rings. The molecule has 1 amide bonds. The second kappa shape index (κ2) is 5.91. The molecule has 1 rings (SSSR count). The number of hydrogen-bond donors (Lipinski definition) is 1. The van der Waals surface area contributed by atoms with Gasteiger partial charge in [0.2, 0.25) is 0 Å². The number of carbonyl (C=O) groups excluding carboxylic acids is 1. The van der Waals surface area contributed by atoms with Gasteiger partial charge in [0.05, 0.1) is 17.0 Å². The monoisotopic (exact) mass is 268 g/mol. The molecule has 0 spiro atoms. The third kappa shape index (κ3) is 3.25. The number of carbonyl (C=O) groups is 1. The summed E-state index contributed by atoms with van der Waals surface area (Å²) in [6.07, 6.45) is 5.53. The maximum atomic E-state index is 13.1. The van der Waals surface area contributed by atoms with Crippen LogP contribution in [-0.4, -0.2) is 16.9 Å². The average Bonchev–Trinajstić information content (AvgIpc) is 2.37. The molecule has 0 heterocycles. The van der Waals surface area contributed by atoms with E-state index >= 15 is 0 Å². The number of nitrogens with one attached hydrogen (secondary N) is 1. The quantitative estimate of drug-likeness (QED) is 0.516. The molecule has 0 aromatic heterocycles. The van der Waals surface area contributed by atoms with Gasteiger partial charge >= 0.3 is 0 Å². The van der Waals surface area contributed by atoms with Crippen molar-refractivity contribution < 1.29 is 18.5 Å².